The summed E-state index contributed by atoms with van der Waals surface area (Å²) in [6, 6.07) is 7.50. The zero-order valence-corrected chi connectivity index (χ0v) is 13.3. The second-order valence-corrected chi connectivity index (χ2v) is 6.16. The van der Waals surface area contributed by atoms with Crippen molar-refractivity contribution in [2.45, 2.75) is 19.8 Å². The largest absolute Gasteiger partial charge is 0.488 e. The lowest BCUT2D eigenvalue weighted by molar-refractivity contribution is -0.150. The van der Waals surface area contributed by atoms with Crippen molar-refractivity contribution in [1.82, 2.24) is 4.90 Å². The standard InChI is InChI=1S/C18H21NO4/c1-13-5-4-8-19(10-13)17(20)12-23-18(21)15-9-14-6-2-3-7-16(14)22-11-15/h2-3,6-7,9,13H,4-5,8,10-12H2,1H3/t13-/m1/s1. The highest BCUT2D eigenvalue weighted by molar-refractivity contribution is 5.96. The minimum Gasteiger partial charge on any atom is -0.488 e. The maximum absolute atomic E-state index is 12.1. The second kappa shape index (κ2) is 6.86. The van der Waals surface area contributed by atoms with Gasteiger partial charge in [0.1, 0.15) is 12.4 Å². The first-order valence-corrected chi connectivity index (χ1v) is 8.01. The van der Waals surface area contributed by atoms with Gasteiger partial charge < -0.3 is 14.4 Å². The van der Waals surface area contributed by atoms with E-state index in [1.165, 1.54) is 0 Å². The molecule has 1 fully saturated rings. The number of hydrogen-bond donors (Lipinski definition) is 0. The quantitative estimate of drug-likeness (QED) is 0.803. The van der Waals surface area contributed by atoms with Crippen LogP contribution >= 0.6 is 0 Å². The normalized spacial score (nSPS) is 20.1. The van der Waals surface area contributed by atoms with Crippen LogP contribution in [0.2, 0.25) is 0 Å². The van der Waals surface area contributed by atoms with E-state index in [1.807, 2.05) is 24.3 Å². The summed E-state index contributed by atoms with van der Waals surface area (Å²) in [5, 5.41) is 0. The molecule has 0 aromatic heterocycles. The summed E-state index contributed by atoms with van der Waals surface area (Å²) >= 11 is 0. The van der Waals surface area contributed by atoms with E-state index in [4.69, 9.17) is 9.47 Å². The molecule has 5 heteroatoms. The Kier molecular flexibility index (Phi) is 4.65. The first-order chi connectivity index (χ1) is 11.1. The lowest BCUT2D eigenvalue weighted by Crippen LogP contribution is -2.41. The van der Waals surface area contributed by atoms with Gasteiger partial charge >= 0.3 is 5.97 Å². The summed E-state index contributed by atoms with van der Waals surface area (Å²) in [4.78, 5) is 26.0. The third-order valence-electron chi connectivity index (χ3n) is 4.23. The number of para-hydroxylation sites is 1. The molecule has 0 aliphatic carbocycles. The summed E-state index contributed by atoms with van der Waals surface area (Å²) < 4.78 is 10.7. The van der Waals surface area contributed by atoms with Crippen molar-refractivity contribution in [1.29, 1.82) is 0 Å². The number of benzene rings is 1. The van der Waals surface area contributed by atoms with Gasteiger partial charge in [-0.3, -0.25) is 4.79 Å². The molecule has 0 radical (unpaired) electrons. The number of piperidine rings is 1. The van der Waals surface area contributed by atoms with Gasteiger partial charge in [0.15, 0.2) is 6.61 Å². The van der Waals surface area contributed by atoms with Crippen molar-refractivity contribution >= 4 is 18.0 Å². The fourth-order valence-corrected chi connectivity index (χ4v) is 2.96. The fraction of sp³-hybridized carbons (Fsp3) is 0.444. The molecule has 0 spiro atoms. The van der Waals surface area contributed by atoms with Crippen molar-refractivity contribution in [2.75, 3.05) is 26.3 Å². The van der Waals surface area contributed by atoms with Crippen LogP contribution in [0, 0.1) is 5.92 Å². The monoisotopic (exact) mass is 315 g/mol. The van der Waals surface area contributed by atoms with Crippen LogP contribution in [0.3, 0.4) is 0 Å². The van der Waals surface area contributed by atoms with Crippen LogP contribution < -0.4 is 4.74 Å². The molecule has 0 unspecified atom stereocenters. The molecule has 2 aliphatic heterocycles. The maximum atomic E-state index is 12.1. The predicted molar refractivity (Wildman–Crippen MR) is 85.9 cm³/mol. The number of nitrogens with zero attached hydrogens (tertiary/aromatic N) is 1. The molecule has 1 amide bonds. The van der Waals surface area contributed by atoms with Crippen LogP contribution in [0.15, 0.2) is 29.8 Å². The first-order valence-electron chi connectivity index (χ1n) is 8.01. The van der Waals surface area contributed by atoms with Crippen LogP contribution in [-0.2, 0) is 14.3 Å². The number of rotatable bonds is 3. The van der Waals surface area contributed by atoms with Gasteiger partial charge in [0, 0.05) is 18.7 Å². The summed E-state index contributed by atoms with van der Waals surface area (Å²) in [5.41, 5.74) is 1.28. The number of carbonyl (C=O) groups is 2. The lowest BCUT2D eigenvalue weighted by atomic mass is 10.0. The molecule has 2 heterocycles. The van der Waals surface area contributed by atoms with Crippen molar-refractivity contribution in [3.8, 4) is 5.75 Å². The first kappa shape index (κ1) is 15.6. The number of ether oxygens (including phenoxy) is 2. The summed E-state index contributed by atoms with van der Waals surface area (Å²) in [7, 11) is 0. The molecule has 2 aliphatic rings. The summed E-state index contributed by atoms with van der Waals surface area (Å²) in [6.07, 6.45) is 3.92. The topological polar surface area (TPSA) is 55.8 Å². The average molecular weight is 315 g/mol. The predicted octanol–water partition coefficient (Wildman–Crippen LogP) is 2.26. The van der Waals surface area contributed by atoms with Gasteiger partial charge in [0.05, 0.1) is 5.57 Å². The van der Waals surface area contributed by atoms with Gasteiger partial charge in [-0.1, -0.05) is 25.1 Å². The summed E-state index contributed by atoms with van der Waals surface area (Å²) in [5.74, 6) is 0.650. The smallest absolute Gasteiger partial charge is 0.338 e. The molecule has 122 valence electrons. The summed E-state index contributed by atoms with van der Waals surface area (Å²) in [6.45, 7) is 3.60. The number of likely N-dealkylation sites (tertiary alicyclic amines) is 1. The van der Waals surface area contributed by atoms with Gasteiger partial charge in [-0.15, -0.1) is 0 Å². The van der Waals surface area contributed by atoms with Crippen molar-refractivity contribution in [2.24, 2.45) is 5.92 Å². The highest BCUT2D eigenvalue weighted by Gasteiger charge is 2.23. The Bertz CT molecular complexity index is 638. The average Bonchev–Trinajstić information content (AvgIpc) is 2.59. The molecular weight excluding hydrogens is 294 g/mol. The molecule has 23 heavy (non-hydrogen) atoms. The van der Waals surface area contributed by atoms with Crippen molar-refractivity contribution in [3.05, 3.63) is 35.4 Å². The number of fused-ring (bicyclic) bond motifs is 1. The molecule has 0 saturated carbocycles. The molecule has 1 saturated heterocycles. The van der Waals surface area contributed by atoms with Crippen molar-refractivity contribution < 1.29 is 19.1 Å². The minimum atomic E-state index is -0.488. The van der Waals surface area contributed by atoms with E-state index in [-0.39, 0.29) is 19.1 Å². The Morgan fingerprint density at radius 3 is 3.00 bits per heavy atom. The van der Waals surface area contributed by atoms with Crippen molar-refractivity contribution in [3.63, 3.8) is 0 Å². The Balaban J connectivity index is 1.56. The van der Waals surface area contributed by atoms with Crippen LogP contribution in [0.4, 0.5) is 0 Å². The zero-order valence-electron chi connectivity index (χ0n) is 13.3. The zero-order chi connectivity index (χ0) is 16.2. The van der Waals surface area contributed by atoms with E-state index in [1.54, 1.807) is 11.0 Å². The number of esters is 1. The Morgan fingerprint density at radius 2 is 2.17 bits per heavy atom. The van der Waals surface area contributed by atoms with Gasteiger partial charge in [0.25, 0.3) is 5.91 Å². The molecule has 0 bridgehead atoms. The number of amides is 1. The third-order valence-corrected chi connectivity index (χ3v) is 4.23. The van der Waals surface area contributed by atoms with Gasteiger partial charge in [-0.2, -0.15) is 0 Å². The molecule has 1 atom stereocenters. The van der Waals surface area contributed by atoms with E-state index in [0.717, 1.165) is 37.2 Å². The van der Waals surface area contributed by atoms with E-state index in [0.29, 0.717) is 11.5 Å². The molecule has 1 aromatic carbocycles. The highest BCUT2D eigenvalue weighted by Crippen LogP contribution is 2.26. The maximum Gasteiger partial charge on any atom is 0.338 e. The van der Waals surface area contributed by atoms with Gasteiger partial charge in [-0.25, -0.2) is 4.79 Å². The van der Waals surface area contributed by atoms with Crippen LogP contribution in [0.5, 0.6) is 5.75 Å². The number of carbonyl (C=O) groups excluding carboxylic acids is 2. The van der Waals surface area contributed by atoms with E-state index in [2.05, 4.69) is 6.92 Å². The molecule has 0 N–H and O–H groups in total. The Labute approximate surface area is 135 Å². The van der Waals surface area contributed by atoms with Crippen LogP contribution in [-0.4, -0.2) is 43.1 Å². The molecule has 1 aromatic rings. The van der Waals surface area contributed by atoms with E-state index in [9.17, 15) is 9.59 Å². The van der Waals surface area contributed by atoms with Crippen LogP contribution in [0.1, 0.15) is 25.3 Å². The Morgan fingerprint density at radius 1 is 1.35 bits per heavy atom. The lowest BCUT2D eigenvalue weighted by Gasteiger charge is -2.30. The molecular formula is C18H21NO4. The van der Waals surface area contributed by atoms with Crippen LogP contribution in [0.25, 0.3) is 6.08 Å². The fourth-order valence-electron chi connectivity index (χ4n) is 2.96. The molecule has 3 rings (SSSR count). The van der Waals surface area contributed by atoms with E-state index >= 15 is 0 Å². The number of hydrogen-bond acceptors (Lipinski definition) is 4. The highest BCUT2D eigenvalue weighted by atomic mass is 16.5. The SMILES string of the molecule is C[C@@H]1CCCN(C(=O)COC(=O)C2=Cc3ccccc3OC2)C1. The van der Waals surface area contributed by atoms with E-state index < -0.39 is 5.97 Å². The van der Waals surface area contributed by atoms with Gasteiger partial charge in [-0.05, 0) is 30.9 Å². The molecule has 5 nitrogen and oxygen atoms in total. The minimum absolute atomic E-state index is 0.123. The second-order valence-electron chi connectivity index (χ2n) is 6.16. The third kappa shape index (κ3) is 3.73. The Hall–Kier alpha value is -2.30. The van der Waals surface area contributed by atoms with Gasteiger partial charge in [0.2, 0.25) is 0 Å².